The van der Waals surface area contributed by atoms with Gasteiger partial charge < -0.3 is 10.1 Å². The molecule has 22 heavy (non-hydrogen) atoms. The number of carbonyl (C=O) groups is 1. The minimum atomic E-state index is -3.42. The molecule has 0 saturated carbocycles. The molecule has 0 bridgehead atoms. The van der Waals surface area contributed by atoms with Crippen LogP contribution < -0.4 is 5.32 Å². The maximum atomic E-state index is 12.1. The van der Waals surface area contributed by atoms with Crippen LogP contribution in [0.25, 0.3) is 0 Å². The Balaban J connectivity index is 2.59. The highest BCUT2D eigenvalue weighted by atomic mass is 32.2. The summed E-state index contributed by atoms with van der Waals surface area (Å²) in [5.41, 5.74) is 0.973. The summed E-state index contributed by atoms with van der Waals surface area (Å²) in [6, 6.07) is 9.35. The Labute approximate surface area is 132 Å². The Morgan fingerprint density at radius 1 is 1.32 bits per heavy atom. The Morgan fingerprint density at radius 2 is 1.95 bits per heavy atom. The molecule has 1 aromatic rings. The molecule has 0 aliphatic heterocycles. The van der Waals surface area contributed by atoms with E-state index in [1.54, 1.807) is 7.11 Å². The van der Waals surface area contributed by atoms with E-state index in [2.05, 4.69) is 5.32 Å². The monoisotopic (exact) mass is 328 g/mol. The predicted octanol–water partition coefficient (Wildman–Crippen LogP) is 1.16. The second kappa shape index (κ2) is 8.87. The molecule has 0 spiro atoms. The topological polar surface area (TPSA) is 75.7 Å². The van der Waals surface area contributed by atoms with E-state index in [-0.39, 0.29) is 25.0 Å². The summed E-state index contributed by atoms with van der Waals surface area (Å²) in [5, 5.41) is 2.81. The molecule has 0 aliphatic rings. The molecule has 0 fully saturated rings. The lowest BCUT2D eigenvalue weighted by molar-refractivity contribution is -0.122. The number of benzene rings is 1. The van der Waals surface area contributed by atoms with Crippen LogP contribution in [0.4, 0.5) is 0 Å². The van der Waals surface area contributed by atoms with Gasteiger partial charge in [0.2, 0.25) is 15.9 Å². The van der Waals surface area contributed by atoms with Crippen LogP contribution in [0.15, 0.2) is 30.3 Å². The Bertz CT molecular complexity index is 560. The van der Waals surface area contributed by atoms with Gasteiger partial charge in [0.15, 0.2) is 0 Å². The lowest BCUT2D eigenvalue weighted by Crippen LogP contribution is -2.41. The van der Waals surface area contributed by atoms with Gasteiger partial charge in [-0.15, -0.1) is 0 Å². The first-order chi connectivity index (χ1) is 10.3. The molecule has 1 rings (SSSR count). The van der Waals surface area contributed by atoms with Gasteiger partial charge in [-0.1, -0.05) is 30.3 Å². The smallest absolute Gasteiger partial charge is 0.235 e. The molecule has 0 saturated heterocycles. The average molecular weight is 328 g/mol. The van der Waals surface area contributed by atoms with Crippen LogP contribution in [0.2, 0.25) is 0 Å². The summed E-state index contributed by atoms with van der Waals surface area (Å²) in [7, 11) is -1.87. The number of ether oxygens (including phenoxy) is 1. The lowest BCUT2D eigenvalue weighted by Gasteiger charge is -2.21. The maximum absolute atomic E-state index is 12.1. The van der Waals surface area contributed by atoms with Crippen molar-refractivity contribution in [1.82, 2.24) is 9.62 Å². The molecule has 6 nitrogen and oxygen atoms in total. The van der Waals surface area contributed by atoms with E-state index in [9.17, 15) is 13.2 Å². The Kier molecular flexibility index (Phi) is 7.50. The third kappa shape index (κ3) is 6.55. The van der Waals surface area contributed by atoms with Crippen LogP contribution in [0.5, 0.6) is 0 Å². The molecule has 1 amide bonds. The van der Waals surface area contributed by atoms with Crippen molar-refractivity contribution in [3.63, 3.8) is 0 Å². The average Bonchev–Trinajstić information content (AvgIpc) is 2.46. The highest BCUT2D eigenvalue weighted by Gasteiger charge is 2.20. The molecule has 124 valence electrons. The van der Waals surface area contributed by atoms with Crippen LogP contribution in [0, 0.1) is 0 Å². The third-order valence-corrected chi connectivity index (χ3v) is 4.47. The van der Waals surface area contributed by atoms with Crippen LogP contribution in [-0.2, 0) is 19.6 Å². The molecular weight excluding hydrogens is 304 g/mol. The van der Waals surface area contributed by atoms with Gasteiger partial charge in [-0.2, -0.15) is 4.31 Å². The first-order valence-electron chi connectivity index (χ1n) is 7.13. The molecule has 0 aromatic heterocycles. The molecule has 0 aliphatic carbocycles. The van der Waals surface area contributed by atoms with Crippen molar-refractivity contribution in [3.8, 4) is 0 Å². The summed E-state index contributed by atoms with van der Waals surface area (Å²) >= 11 is 0. The van der Waals surface area contributed by atoms with E-state index < -0.39 is 10.0 Å². The second-order valence-corrected chi connectivity index (χ2v) is 7.13. The number of amides is 1. The van der Waals surface area contributed by atoms with Gasteiger partial charge in [-0.25, -0.2) is 8.42 Å². The predicted molar refractivity (Wildman–Crippen MR) is 85.9 cm³/mol. The molecule has 0 radical (unpaired) electrons. The second-order valence-electron chi connectivity index (χ2n) is 5.14. The zero-order chi connectivity index (χ0) is 16.6. The first kappa shape index (κ1) is 18.6. The molecule has 1 unspecified atom stereocenters. The van der Waals surface area contributed by atoms with Gasteiger partial charge in [-0.05, 0) is 18.9 Å². The number of carbonyl (C=O) groups excluding carboxylic acids is 1. The Morgan fingerprint density at radius 3 is 2.50 bits per heavy atom. The standard InChI is InChI=1S/C15H24N2O4S/c1-13(14-8-5-4-6-9-14)16-15(18)12-17(22(3,19)20)10-7-11-21-2/h4-6,8-9,13H,7,10-12H2,1-3H3,(H,16,18). The highest BCUT2D eigenvalue weighted by Crippen LogP contribution is 2.11. The SMILES string of the molecule is COCCCN(CC(=O)NC(C)c1ccccc1)S(C)(=O)=O. The van der Waals surface area contributed by atoms with Crippen molar-refractivity contribution in [1.29, 1.82) is 0 Å². The number of nitrogens with zero attached hydrogens (tertiary/aromatic N) is 1. The van der Waals surface area contributed by atoms with Crippen LogP contribution in [-0.4, -0.2) is 51.7 Å². The minimum Gasteiger partial charge on any atom is -0.385 e. The normalized spacial score (nSPS) is 13.1. The zero-order valence-electron chi connectivity index (χ0n) is 13.3. The van der Waals surface area contributed by atoms with Crippen LogP contribution in [0.1, 0.15) is 24.9 Å². The molecule has 1 aromatic carbocycles. The number of sulfonamides is 1. The van der Waals surface area contributed by atoms with E-state index >= 15 is 0 Å². The van der Waals surface area contributed by atoms with Gasteiger partial charge in [-0.3, -0.25) is 4.79 Å². The Hall–Kier alpha value is -1.44. The summed E-state index contributed by atoms with van der Waals surface area (Å²) in [5.74, 6) is -0.320. The van der Waals surface area contributed by atoms with Crippen molar-refractivity contribution >= 4 is 15.9 Å². The van der Waals surface area contributed by atoms with E-state index in [1.807, 2.05) is 37.3 Å². The van der Waals surface area contributed by atoms with E-state index in [4.69, 9.17) is 4.74 Å². The minimum absolute atomic E-state index is 0.172. The molecule has 1 N–H and O–H groups in total. The first-order valence-corrected chi connectivity index (χ1v) is 8.97. The zero-order valence-corrected chi connectivity index (χ0v) is 14.1. The van der Waals surface area contributed by atoms with Gasteiger partial charge in [0, 0.05) is 20.3 Å². The van der Waals surface area contributed by atoms with Crippen LogP contribution in [0.3, 0.4) is 0 Å². The number of rotatable bonds is 9. The van der Waals surface area contributed by atoms with Gasteiger partial charge in [0.1, 0.15) is 0 Å². The van der Waals surface area contributed by atoms with Crippen molar-refractivity contribution in [2.45, 2.75) is 19.4 Å². The molecule has 1 atom stereocenters. The van der Waals surface area contributed by atoms with Crippen molar-refractivity contribution in [2.75, 3.05) is 33.1 Å². The number of nitrogens with one attached hydrogen (secondary N) is 1. The number of methoxy groups -OCH3 is 1. The van der Waals surface area contributed by atoms with Gasteiger partial charge >= 0.3 is 0 Å². The van der Waals surface area contributed by atoms with Crippen molar-refractivity contribution in [3.05, 3.63) is 35.9 Å². The summed E-state index contributed by atoms with van der Waals surface area (Å²) in [6.07, 6.45) is 1.65. The maximum Gasteiger partial charge on any atom is 0.235 e. The quantitative estimate of drug-likeness (QED) is 0.690. The third-order valence-electron chi connectivity index (χ3n) is 3.22. The van der Waals surface area contributed by atoms with E-state index in [1.165, 1.54) is 4.31 Å². The largest absolute Gasteiger partial charge is 0.385 e. The van der Waals surface area contributed by atoms with Gasteiger partial charge in [0.05, 0.1) is 18.8 Å². The van der Waals surface area contributed by atoms with E-state index in [0.717, 1.165) is 11.8 Å². The van der Waals surface area contributed by atoms with Crippen LogP contribution >= 0.6 is 0 Å². The summed E-state index contributed by atoms with van der Waals surface area (Å²) < 4.78 is 29.5. The van der Waals surface area contributed by atoms with E-state index in [0.29, 0.717) is 13.0 Å². The molecular formula is C15H24N2O4S. The lowest BCUT2D eigenvalue weighted by atomic mass is 10.1. The molecule has 7 heteroatoms. The van der Waals surface area contributed by atoms with Crippen molar-refractivity contribution in [2.24, 2.45) is 0 Å². The summed E-state index contributed by atoms with van der Waals surface area (Å²) in [6.45, 7) is 2.40. The summed E-state index contributed by atoms with van der Waals surface area (Å²) in [4.78, 5) is 12.1. The highest BCUT2D eigenvalue weighted by molar-refractivity contribution is 7.88. The fourth-order valence-corrected chi connectivity index (χ4v) is 2.83. The van der Waals surface area contributed by atoms with Crippen molar-refractivity contribution < 1.29 is 17.9 Å². The number of hydrogen-bond acceptors (Lipinski definition) is 4. The van der Waals surface area contributed by atoms with Gasteiger partial charge in [0.25, 0.3) is 0 Å². The fourth-order valence-electron chi connectivity index (χ4n) is 2.02. The fraction of sp³-hybridized carbons (Fsp3) is 0.533. The molecule has 0 heterocycles. The number of hydrogen-bond donors (Lipinski definition) is 1.